The van der Waals surface area contributed by atoms with E-state index in [4.69, 9.17) is 14.2 Å². The summed E-state index contributed by atoms with van der Waals surface area (Å²) in [5.74, 6) is 0.839. The Morgan fingerprint density at radius 2 is 1.90 bits per heavy atom. The SMILES string of the molecule is CC/C=C/CCc1cc(C(=O)OC)cc(OC)c1OC. The minimum absolute atomic E-state index is 0.378. The van der Waals surface area contributed by atoms with Gasteiger partial charge in [-0.2, -0.15) is 0 Å². The van der Waals surface area contributed by atoms with Crippen LogP contribution in [0.15, 0.2) is 24.3 Å². The average Bonchev–Trinajstić information content (AvgIpc) is 2.49. The van der Waals surface area contributed by atoms with Gasteiger partial charge >= 0.3 is 5.97 Å². The summed E-state index contributed by atoms with van der Waals surface area (Å²) in [5, 5.41) is 0. The van der Waals surface area contributed by atoms with Gasteiger partial charge in [-0.15, -0.1) is 0 Å². The van der Waals surface area contributed by atoms with Gasteiger partial charge in [0.25, 0.3) is 0 Å². The Hall–Kier alpha value is -1.97. The first-order valence-electron chi connectivity index (χ1n) is 6.66. The van der Waals surface area contributed by atoms with Crippen LogP contribution in [0.5, 0.6) is 11.5 Å². The molecule has 0 aliphatic rings. The van der Waals surface area contributed by atoms with Crippen molar-refractivity contribution in [3.8, 4) is 11.5 Å². The number of rotatable bonds is 7. The molecular formula is C16H22O4. The number of carbonyl (C=O) groups excluding carboxylic acids is 1. The molecule has 1 aromatic carbocycles. The smallest absolute Gasteiger partial charge is 0.337 e. The Morgan fingerprint density at radius 1 is 1.15 bits per heavy atom. The standard InChI is InChI=1S/C16H22O4/c1-5-6-7-8-9-12-10-13(16(17)20-4)11-14(18-2)15(12)19-3/h6-7,10-11H,5,8-9H2,1-4H3/b7-6+. The molecule has 0 bridgehead atoms. The number of carbonyl (C=O) groups is 1. The molecule has 0 fully saturated rings. The quantitative estimate of drug-likeness (QED) is 0.566. The fraction of sp³-hybridized carbons (Fsp3) is 0.438. The normalized spacial score (nSPS) is 10.6. The molecule has 0 aliphatic carbocycles. The largest absolute Gasteiger partial charge is 0.493 e. The Kier molecular flexibility index (Phi) is 6.64. The number of allylic oxidation sites excluding steroid dienone is 2. The third-order valence-electron chi connectivity index (χ3n) is 2.96. The third kappa shape index (κ3) is 4.02. The number of methoxy groups -OCH3 is 3. The first-order chi connectivity index (χ1) is 9.67. The summed E-state index contributed by atoms with van der Waals surface area (Å²) >= 11 is 0. The Labute approximate surface area is 120 Å². The van der Waals surface area contributed by atoms with E-state index >= 15 is 0 Å². The molecule has 0 unspecified atom stereocenters. The van der Waals surface area contributed by atoms with Crippen LogP contribution < -0.4 is 9.47 Å². The highest BCUT2D eigenvalue weighted by Crippen LogP contribution is 2.33. The van der Waals surface area contributed by atoms with Gasteiger partial charge in [0.2, 0.25) is 0 Å². The zero-order chi connectivity index (χ0) is 15.0. The van der Waals surface area contributed by atoms with Gasteiger partial charge in [0.15, 0.2) is 11.5 Å². The van der Waals surface area contributed by atoms with Crippen LogP contribution in [0.3, 0.4) is 0 Å². The van der Waals surface area contributed by atoms with Gasteiger partial charge in [-0.1, -0.05) is 19.1 Å². The number of esters is 1. The zero-order valence-electron chi connectivity index (χ0n) is 12.6. The van der Waals surface area contributed by atoms with E-state index in [0.29, 0.717) is 17.1 Å². The molecule has 0 atom stereocenters. The summed E-state index contributed by atoms with van der Waals surface area (Å²) in [6.45, 7) is 2.10. The van der Waals surface area contributed by atoms with Crippen LogP contribution in [0.25, 0.3) is 0 Å². The van der Waals surface area contributed by atoms with E-state index in [0.717, 1.165) is 24.8 Å². The van der Waals surface area contributed by atoms with Crippen molar-refractivity contribution in [3.05, 3.63) is 35.4 Å². The van der Waals surface area contributed by atoms with Crippen molar-refractivity contribution >= 4 is 5.97 Å². The maximum atomic E-state index is 11.7. The summed E-state index contributed by atoms with van der Waals surface area (Å²) in [4.78, 5) is 11.7. The van der Waals surface area contributed by atoms with E-state index in [1.807, 2.05) is 0 Å². The number of hydrogen-bond acceptors (Lipinski definition) is 4. The lowest BCUT2D eigenvalue weighted by Crippen LogP contribution is -2.05. The van der Waals surface area contributed by atoms with Gasteiger partial charge in [-0.3, -0.25) is 0 Å². The van der Waals surface area contributed by atoms with Crippen molar-refractivity contribution in [1.82, 2.24) is 0 Å². The van der Waals surface area contributed by atoms with Crippen LogP contribution in [0.1, 0.15) is 35.7 Å². The summed E-state index contributed by atoms with van der Waals surface area (Å²) in [5.41, 5.74) is 1.41. The van der Waals surface area contributed by atoms with E-state index in [-0.39, 0.29) is 5.97 Å². The highest BCUT2D eigenvalue weighted by atomic mass is 16.5. The van der Waals surface area contributed by atoms with Crippen LogP contribution in [0.2, 0.25) is 0 Å². The molecule has 0 aromatic heterocycles. The van der Waals surface area contributed by atoms with Crippen LogP contribution in [-0.4, -0.2) is 27.3 Å². The highest BCUT2D eigenvalue weighted by molar-refractivity contribution is 5.90. The minimum atomic E-state index is -0.378. The van der Waals surface area contributed by atoms with Gasteiger partial charge in [-0.05, 0) is 37.0 Å². The maximum absolute atomic E-state index is 11.7. The fourth-order valence-electron chi connectivity index (χ4n) is 1.99. The molecule has 0 spiro atoms. The molecule has 1 aromatic rings. The van der Waals surface area contributed by atoms with Gasteiger partial charge in [0, 0.05) is 0 Å². The first kappa shape index (κ1) is 16.1. The lowest BCUT2D eigenvalue weighted by Gasteiger charge is -2.14. The number of ether oxygens (including phenoxy) is 3. The molecule has 4 nitrogen and oxygen atoms in total. The van der Waals surface area contributed by atoms with Crippen molar-refractivity contribution in [2.75, 3.05) is 21.3 Å². The lowest BCUT2D eigenvalue weighted by molar-refractivity contribution is 0.0600. The molecule has 4 heteroatoms. The number of hydrogen-bond donors (Lipinski definition) is 0. The van der Waals surface area contributed by atoms with Gasteiger partial charge in [0.05, 0.1) is 26.9 Å². The molecule has 0 radical (unpaired) electrons. The second kappa shape index (κ2) is 8.25. The predicted octanol–water partition coefficient (Wildman–Crippen LogP) is 3.39. The molecule has 1 rings (SSSR count). The fourth-order valence-corrected chi connectivity index (χ4v) is 1.99. The zero-order valence-corrected chi connectivity index (χ0v) is 12.6. The summed E-state index contributed by atoms with van der Waals surface area (Å²) < 4.78 is 15.4. The second-order valence-electron chi connectivity index (χ2n) is 4.28. The molecule has 0 N–H and O–H groups in total. The van der Waals surface area contributed by atoms with E-state index < -0.39 is 0 Å². The van der Waals surface area contributed by atoms with Crippen LogP contribution in [0, 0.1) is 0 Å². The van der Waals surface area contributed by atoms with Crippen LogP contribution in [0.4, 0.5) is 0 Å². The van der Waals surface area contributed by atoms with E-state index in [1.54, 1.807) is 26.4 Å². The molecule has 0 amide bonds. The monoisotopic (exact) mass is 278 g/mol. The van der Waals surface area contributed by atoms with Crippen molar-refractivity contribution in [2.45, 2.75) is 26.2 Å². The molecule has 110 valence electrons. The number of aryl methyl sites for hydroxylation is 1. The Morgan fingerprint density at radius 3 is 2.45 bits per heavy atom. The van der Waals surface area contributed by atoms with Crippen LogP contribution in [-0.2, 0) is 11.2 Å². The van der Waals surface area contributed by atoms with Crippen LogP contribution >= 0.6 is 0 Å². The summed E-state index contributed by atoms with van der Waals surface area (Å²) in [6.07, 6.45) is 6.92. The molecular weight excluding hydrogens is 256 g/mol. The van der Waals surface area contributed by atoms with E-state index in [1.165, 1.54) is 7.11 Å². The van der Waals surface area contributed by atoms with E-state index in [2.05, 4.69) is 19.1 Å². The Bertz CT molecular complexity index is 478. The summed E-state index contributed by atoms with van der Waals surface area (Å²) in [7, 11) is 4.52. The molecule has 0 heterocycles. The van der Waals surface area contributed by atoms with Crippen molar-refractivity contribution in [3.63, 3.8) is 0 Å². The summed E-state index contributed by atoms with van der Waals surface area (Å²) in [6, 6.07) is 3.43. The van der Waals surface area contributed by atoms with E-state index in [9.17, 15) is 4.79 Å². The van der Waals surface area contributed by atoms with Crippen molar-refractivity contribution in [2.24, 2.45) is 0 Å². The average molecular weight is 278 g/mol. The van der Waals surface area contributed by atoms with Gasteiger partial charge in [0.1, 0.15) is 0 Å². The first-order valence-corrected chi connectivity index (χ1v) is 6.66. The predicted molar refractivity (Wildman–Crippen MR) is 78.6 cm³/mol. The van der Waals surface area contributed by atoms with Gasteiger partial charge < -0.3 is 14.2 Å². The molecule has 0 saturated heterocycles. The maximum Gasteiger partial charge on any atom is 0.337 e. The minimum Gasteiger partial charge on any atom is -0.493 e. The lowest BCUT2D eigenvalue weighted by atomic mass is 10.0. The third-order valence-corrected chi connectivity index (χ3v) is 2.96. The van der Waals surface area contributed by atoms with Crippen molar-refractivity contribution < 1.29 is 19.0 Å². The number of benzene rings is 1. The molecule has 0 aliphatic heterocycles. The Balaban J connectivity index is 3.10. The highest BCUT2D eigenvalue weighted by Gasteiger charge is 2.16. The molecule has 20 heavy (non-hydrogen) atoms. The molecule has 0 saturated carbocycles. The van der Waals surface area contributed by atoms with Crippen molar-refractivity contribution in [1.29, 1.82) is 0 Å². The van der Waals surface area contributed by atoms with Gasteiger partial charge in [-0.25, -0.2) is 4.79 Å². The topological polar surface area (TPSA) is 44.8 Å². The second-order valence-corrected chi connectivity index (χ2v) is 4.28.